The van der Waals surface area contributed by atoms with Crippen molar-refractivity contribution in [3.05, 3.63) is 62.5 Å². The SMILES string of the molecule is CC(Nc1cc(Br)c(F)cc1F)c1ccccc1Br. The Morgan fingerprint density at radius 1 is 1.00 bits per heavy atom. The van der Waals surface area contributed by atoms with Gasteiger partial charge in [0, 0.05) is 16.6 Å². The summed E-state index contributed by atoms with van der Waals surface area (Å²) in [6.45, 7) is 1.91. The third-order valence-corrected chi connectivity index (χ3v) is 4.08. The second kappa shape index (κ2) is 6.01. The van der Waals surface area contributed by atoms with Crippen LogP contribution in [0.5, 0.6) is 0 Å². The fraction of sp³-hybridized carbons (Fsp3) is 0.143. The first-order valence-corrected chi connectivity index (χ1v) is 7.23. The van der Waals surface area contributed by atoms with Gasteiger partial charge in [-0.25, -0.2) is 8.78 Å². The van der Waals surface area contributed by atoms with E-state index >= 15 is 0 Å². The summed E-state index contributed by atoms with van der Waals surface area (Å²) in [5.74, 6) is -1.23. The van der Waals surface area contributed by atoms with E-state index in [0.717, 1.165) is 16.1 Å². The number of benzene rings is 2. The molecule has 1 nitrogen and oxygen atoms in total. The topological polar surface area (TPSA) is 12.0 Å². The molecule has 0 fully saturated rings. The summed E-state index contributed by atoms with van der Waals surface area (Å²) in [6.07, 6.45) is 0. The van der Waals surface area contributed by atoms with E-state index < -0.39 is 11.6 Å². The van der Waals surface area contributed by atoms with E-state index in [0.29, 0.717) is 0 Å². The summed E-state index contributed by atoms with van der Waals surface area (Å²) in [5, 5.41) is 3.03. The van der Waals surface area contributed by atoms with Crippen LogP contribution in [-0.2, 0) is 0 Å². The maximum atomic E-state index is 13.7. The van der Waals surface area contributed by atoms with Crippen LogP contribution < -0.4 is 5.32 Å². The van der Waals surface area contributed by atoms with Gasteiger partial charge in [-0.1, -0.05) is 34.1 Å². The molecule has 0 radical (unpaired) electrons. The molecule has 1 atom stereocenters. The summed E-state index contributed by atoms with van der Waals surface area (Å²) >= 11 is 6.50. The molecule has 2 rings (SSSR count). The highest BCUT2D eigenvalue weighted by molar-refractivity contribution is 9.10. The fourth-order valence-corrected chi connectivity index (χ4v) is 2.74. The number of hydrogen-bond donors (Lipinski definition) is 1. The van der Waals surface area contributed by atoms with Crippen LogP contribution in [0.2, 0.25) is 0 Å². The molecule has 0 saturated heterocycles. The normalized spacial score (nSPS) is 12.3. The molecule has 0 heterocycles. The first-order chi connectivity index (χ1) is 8.99. The fourth-order valence-electron chi connectivity index (χ4n) is 1.77. The Balaban J connectivity index is 2.27. The monoisotopic (exact) mass is 389 g/mol. The Bertz CT molecular complexity index is 602. The van der Waals surface area contributed by atoms with Crippen LogP contribution in [0, 0.1) is 11.6 Å². The maximum Gasteiger partial charge on any atom is 0.149 e. The van der Waals surface area contributed by atoms with Crippen LogP contribution in [0.3, 0.4) is 0 Å². The molecule has 0 saturated carbocycles. The van der Waals surface area contributed by atoms with Gasteiger partial charge in [0.15, 0.2) is 0 Å². The van der Waals surface area contributed by atoms with Gasteiger partial charge in [-0.2, -0.15) is 0 Å². The molecule has 5 heteroatoms. The molecule has 2 aromatic carbocycles. The first kappa shape index (κ1) is 14.5. The number of nitrogens with one attached hydrogen (secondary N) is 1. The first-order valence-electron chi connectivity index (χ1n) is 5.64. The van der Waals surface area contributed by atoms with Crippen molar-refractivity contribution in [1.82, 2.24) is 0 Å². The maximum absolute atomic E-state index is 13.7. The quantitative estimate of drug-likeness (QED) is 0.666. The van der Waals surface area contributed by atoms with Crippen LogP contribution >= 0.6 is 31.9 Å². The van der Waals surface area contributed by atoms with Crippen molar-refractivity contribution in [2.45, 2.75) is 13.0 Å². The highest BCUT2D eigenvalue weighted by Crippen LogP contribution is 2.29. The molecule has 0 bridgehead atoms. The van der Waals surface area contributed by atoms with Crippen molar-refractivity contribution in [3.8, 4) is 0 Å². The molecule has 0 aliphatic rings. The molecule has 0 aromatic heterocycles. The minimum atomic E-state index is -0.614. The van der Waals surface area contributed by atoms with Crippen LogP contribution in [-0.4, -0.2) is 0 Å². The Hall–Kier alpha value is -0.940. The van der Waals surface area contributed by atoms with E-state index in [2.05, 4.69) is 37.2 Å². The van der Waals surface area contributed by atoms with Gasteiger partial charge < -0.3 is 5.32 Å². The second-order valence-electron chi connectivity index (χ2n) is 4.13. The van der Waals surface area contributed by atoms with Crippen molar-refractivity contribution in [3.63, 3.8) is 0 Å². The summed E-state index contributed by atoms with van der Waals surface area (Å²) in [4.78, 5) is 0. The van der Waals surface area contributed by atoms with Crippen molar-refractivity contribution < 1.29 is 8.78 Å². The molecule has 0 amide bonds. The van der Waals surface area contributed by atoms with Gasteiger partial charge in [0.05, 0.1) is 10.2 Å². The van der Waals surface area contributed by atoms with E-state index in [1.807, 2.05) is 31.2 Å². The molecule has 19 heavy (non-hydrogen) atoms. The smallest absolute Gasteiger partial charge is 0.149 e. The molecule has 100 valence electrons. The predicted molar refractivity (Wildman–Crippen MR) is 80.2 cm³/mol. The van der Waals surface area contributed by atoms with E-state index in [9.17, 15) is 8.78 Å². The van der Waals surface area contributed by atoms with E-state index in [-0.39, 0.29) is 16.2 Å². The lowest BCUT2D eigenvalue weighted by atomic mass is 10.1. The van der Waals surface area contributed by atoms with E-state index in [1.165, 1.54) is 6.07 Å². The molecule has 1 unspecified atom stereocenters. The van der Waals surface area contributed by atoms with E-state index in [4.69, 9.17) is 0 Å². The zero-order valence-electron chi connectivity index (χ0n) is 10.1. The summed E-state index contributed by atoms with van der Waals surface area (Å²) in [5.41, 5.74) is 1.26. The minimum absolute atomic E-state index is 0.109. The summed E-state index contributed by atoms with van der Waals surface area (Å²) in [6, 6.07) is 9.84. The largest absolute Gasteiger partial charge is 0.376 e. The van der Waals surface area contributed by atoms with Crippen molar-refractivity contribution in [1.29, 1.82) is 0 Å². The zero-order valence-corrected chi connectivity index (χ0v) is 13.2. The lowest BCUT2D eigenvalue weighted by Gasteiger charge is -2.18. The lowest BCUT2D eigenvalue weighted by Crippen LogP contribution is -2.09. The van der Waals surface area contributed by atoms with E-state index in [1.54, 1.807) is 0 Å². The van der Waals surface area contributed by atoms with Gasteiger partial charge in [0.25, 0.3) is 0 Å². The van der Waals surface area contributed by atoms with Gasteiger partial charge in [0.2, 0.25) is 0 Å². The second-order valence-corrected chi connectivity index (χ2v) is 5.84. The molecular weight excluding hydrogens is 380 g/mol. The van der Waals surface area contributed by atoms with Crippen molar-refractivity contribution >= 4 is 37.5 Å². The average Bonchev–Trinajstić information content (AvgIpc) is 2.36. The van der Waals surface area contributed by atoms with Crippen molar-refractivity contribution in [2.24, 2.45) is 0 Å². The highest BCUT2D eigenvalue weighted by Gasteiger charge is 2.13. The zero-order chi connectivity index (χ0) is 14.0. The Kier molecular flexibility index (Phi) is 4.58. The van der Waals surface area contributed by atoms with Crippen LogP contribution in [0.25, 0.3) is 0 Å². The molecule has 0 spiro atoms. The van der Waals surface area contributed by atoms with Crippen LogP contribution in [0.4, 0.5) is 14.5 Å². The van der Waals surface area contributed by atoms with Gasteiger partial charge >= 0.3 is 0 Å². The molecule has 1 N–H and O–H groups in total. The standard InChI is InChI=1S/C14H11Br2F2N/c1-8(9-4-2-3-5-10(9)15)19-14-6-11(16)12(17)7-13(14)18/h2-8,19H,1H3. The molecule has 0 aliphatic carbocycles. The Morgan fingerprint density at radius 2 is 1.68 bits per heavy atom. The molecule has 0 aliphatic heterocycles. The summed E-state index contributed by atoms with van der Waals surface area (Å²) < 4.78 is 28.0. The Labute approximate surface area is 127 Å². The third-order valence-electron chi connectivity index (χ3n) is 2.75. The van der Waals surface area contributed by atoms with Gasteiger partial charge in [-0.3, -0.25) is 0 Å². The molecular formula is C14H11Br2F2N. The summed E-state index contributed by atoms with van der Waals surface area (Å²) in [7, 11) is 0. The number of anilines is 1. The minimum Gasteiger partial charge on any atom is -0.376 e. The van der Waals surface area contributed by atoms with Gasteiger partial charge in [-0.15, -0.1) is 0 Å². The number of rotatable bonds is 3. The number of hydrogen-bond acceptors (Lipinski definition) is 1. The molecule has 2 aromatic rings. The Morgan fingerprint density at radius 3 is 2.37 bits per heavy atom. The third kappa shape index (κ3) is 3.34. The van der Waals surface area contributed by atoms with Gasteiger partial charge in [0.1, 0.15) is 11.6 Å². The number of halogens is 4. The van der Waals surface area contributed by atoms with Crippen LogP contribution in [0.1, 0.15) is 18.5 Å². The van der Waals surface area contributed by atoms with Gasteiger partial charge in [-0.05, 0) is 40.5 Å². The predicted octanol–water partition coefficient (Wildman–Crippen LogP) is 5.66. The lowest BCUT2D eigenvalue weighted by molar-refractivity contribution is 0.579. The highest BCUT2D eigenvalue weighted by atomic mass is 79.9. The van der Waals surface area contributed by atoms with Crippen molar-refractivity contribution in [2.75, 3.05) is 5.32 Å². The average molecular weight is 391 g/mol. The van der Waals surface area contributed by atoms with Crippen LogP contribution in [0.15, 0.2) is 45.3 Å².